The third kappa shape index (κ3) is 2.94. The van der Waals surface area contributed by atoms with E-state index in [2.05, 4.69) is 4.90 Å². The van der Waals surface area contributed by atoms with Crippen molar-refractivity contribution in [3.05, 3.63) is 0 Å². The third-order valence-electron chi connectivity index (χ3n) is 3.31. The van der Waals surface area contributed by atoms with Crippen molar-refractivity contribution in [2.24, 2.45) is 11.7 Å². The lowest BCUT2D eigenvalue weighted by atomic mass is 10.1. The van der Waals surface area contributed by atoms with Crippen molar-refractivity contribution in [1.29, 1.82) is 0 Å². The summed E-state index contributed by atoms with van der Waals surface area (Å²) in [7, 11) is 0. The van der Waals surface area contributed by atoms with E-state index in [1.54, 1.807) is 0 Å². The summed E-state index contributed by atoms with van der Waals surface area (Å²) >= 11 is 0. The van der Waals surface area contributed by atoms with Crippen molar-refractivity contribution in [3.63, 3.8) is 0 Å². The first-order valence-electron chi connectivity index (χ1n) is 5.92. The molecule has 1 heterocycles. The van der Waals surface area contributed by atoms with Gasteiger partial charge >= 0.3 is 0 Å². The highest BCUT2D eigenvalue weighted by molar-refractivity contribution is 4.82. The van der Waals surface area contributed by atoms with Gasteiger partial charge in [0.05, 0.1) is 0 Å². The predicted octanol–water partition coefficient (Wildman–Crippen LogP) is 0.836. The molecule has 0 aromatic rings. The highest BCUT2D eigenvalue weighted by Crippen LogP contribution is 2.31. The van der Waals surface area contributed by atoms with Gasteiger partial charge in [0.2, 0.25) is 0 Å². The van der Waals surface area contributed by atoms with Crippen LogP contribution in [0.3, 0.4) is 0 Å². The first kappa shape index (κ1) is 10.4. The molecule has 0 bridgehead atoms. The monoisotopic (exact) mass is 198 g/mol. The van der Waals surface area contributed by atoms with Crippen molar-refractivity contribution in [2.45, 2.75) is 31.7 Å². The number of nitrogens with two attached hydrogens (primary N) is 1. The van der Waals surface area contributed by atoms with Gasteiger partial charge in [0, 0.05) is 38.9 Å². The molecule has 3 nitrogen and oxygen atoms in total. The molecule has 0 unspecified atom stereocenters. The smallest absolute Gasteiger partial charge is 0.0480 e. The lowest BCUT2D eigenvalue weighted by Crippen LogP contribution is -2.43. The summed E-state index contributed by atoms with van der Waals surface area (Å²) in [5.41, 5.74) is 5.66. The molecular formula is C11H22N2O. The molecule has 14 heavy (non-hydrogen) atoms. The molecule has 2 N–H and O–H groups in total. The Hall–Kier alpha value is -0.120. The van der Waals surface area contributed by atoms with Crippen molar-refractivity contribution in [1.82, 2.24) is 4.90 Å². The van der Waals surface area contributed by atoms with Gasteiger partial charge in [-0.25, -0.2) is 0 Å². The van der Waals surface area contributed by atoms with Gasteiger partial charge in [-0.05, 0) is 31.6 Å². The first-order chi connectivity index (χ1) is 6.90. The molecule has 0 amide bonds. The number of nitrogens with zero attached hydrogens (tertiary/aromatic N) is 1. The number of ether oxygens (including phenoxy) is 1. The summed E-state index contributed by atoms with van der Waals surface area (Å²) < 4.78 is 5.39. The van der Waals surface area contributed by atoms with E-state index in [0.29, 0.717) is 0 Å². The second-order valence-electron chi connectivity index (χ2n) is 4.57. The molecule has 0 spiro atoms. The van der Waals surface area contributed by atoms with Gasteiger partial charge in [0.25, 0.3) is 0 Å². The van der Waals surface area contributed by atoms with E-state index in [9.17, 15) is 0 Å². The van der Waals surface area contributed by atoms with Gasteiger partial charge in [0.1, 0.15) is 0 Å². The van der Waals surface area contributed by atoms with Crippen LogP contribution in [0.25, 0.3) is 0 Å². The average molecular weight is 198 g/mol. The minimum atomic E-state index is 0.743. The Balaban J connectivity index is 1.79. The number of hydrogen-bond acceptors (Lipinski definition) is 3. The van der Waals surface area contributed by atoms with E-state index in [1.807, 2.05) is 0 Å². The van der Waals surface area contributed by atoms with Crippen LogP contribution in [0.15, 0.2) is 0 Å². The Labute approximate surface area is 86.6 Å². The predicted molar refractivity (Wildman–Crippen MR) is 57.2 cm³/mol. The minimum absolute atomic E-state index is 0.743. The van der Waals surface area contributed by atoms with Crippen LogP contribution in [0.1, 0.15) is 25.7 Å². The standard InChI is InChI=1S/C11H22N2O/c12-5-6-13(9-10-1-2-10)11-3-7-14-8-4-11/h10-11H,1-9,12H2. The van der Waals surface area contributed by atoms with Crippen LogP contribution in [0.2, 0.25) is 0 Å². The molecule has 0 radical (unpaired) electrons. The van der Waals surface area contributed by atoms with Crippen LogP contribution >= 0.6 is 0 Å². The van der Waals surface area contributed by atoms with Crippen LogP contribution in [0, 0.1) is 5.92 Å². The van der Waals surface area contributed by atoms with Gasteiger partial charge in [-0.1, -0.05) is 0 Å². The molecule has 3 heteroatoms. The molecule has 1 aliphatic carbocycles. The van der Waals surface area contributed by atoms with Gasteiger partial charge in [-0.15, -0.1) is 0 Å². The maximum Gasteiger partial charge on any atom is 0.0480 e. The van der Waals surface area contributed by atoms with Gasteiger partial charge in [-0.2, -0.15) is 0 Å². The molecular weight excluding hydrogens is 176 g/mol. The summed E-state index contributed by atoms with van der Waals surface area (Å²) in [6, 6.07) is 0.743. The molecule has 82 valence electrons. The SMILES string of the molecule is NCCN(CC1CC1)C1CCOCC1. The van der Waals surface area contributed by atoms with Crippen molar-refractivity contribution in [2.75, 3.05) is 32.8 Å². The summed E-state index contributed by atoms with van der Waals surface area (Å²) in [5.74, 6) is 0.976. The molecule has 1 saturated heterocycles. The van der Waals surface area contributed by atoms with Crippen molar-refractivity contribution in [3.8, 4) is 0 Å². The Bertz CT molecular complexity index is 165. The fourth-order valence-corrected chi connectivity index (χ4v) is 2.27. The van der Waals surface area contributed by atoms with E-state index < -0.39 is 0 Å². The molecule has 2 rings (SSSR count). The summed E-state index contributed by atoms with van der Waals surface area (Å²) in [4.78, 5) is 2.60. The van der Waals surface area contributed by atoms with Gasteiger partial charge in [-0.3, -0.25) is 4.90 Å². The Morgan fingerprint density at radius 2 is 1.86 bits per heavy atom. The summed E-state index contributed by atoms with van der Waals surface area (Å²) in [5, 5.41) is 0. The molecule has 0 aromatic heterocycles. The molecule has 0 atom stereocenters. The second kappa shape index (κ2) is 5.10. The quantitative estimate of drug-likeness (QED) is 0.711. The van der Waals surface area contributed by atoms with Crippen LogP contribution in [-0.2, 0) is 4.74 Å². The largest absolute Gasteiger partial charge is 0.381 e. The second-order valence-corrected chi connectivity index (χ2v) is 4.57. The number of hydrogen-bond donors (Lipinski definition) is 1. The van der Waals surface area contributed by atoms with E-state index in [0.717, 1.165) is 38.3 Å². The van der Waals surface area contributed by atoms with E-state index in [-0.39, 0.29) is 0 Å². The highest BCUT2D eigenvalue weighted by atomic mass is 16.5. The van der Waals surface area contributed by atoms with E-state index in [1.165, 1.54) is 32.2 Å². The Morgan fingerprint density at radius 3 is 2.43 bits per heavy atom. The van der Waals surface area contributed by atoms with Crippen LogP contribution in [0.4, 0.5) is 0 Å². The molecule has 2 aliphatic rings. The van der Waals surface area contributed by atoms with Crippen LogP contribution in [0.5, 0.6) is 0 Å². The van der Waals surface area contributed by atoms with Crippen LogP contribution < -0.4 is 5.73 Å². The third-order valence-corrected chi connectivity index (χ3v) is 3.31. The number of rotatable bonds is 5. The zero-order chi connectivity index (χ0) is 9.80. The normalized spacial score (nSPS) is 24.4. The highest BCUT2D eigenvalue weighted by Gasteiger charge is 2.28. The van der Waals surface area contributed by atoms with E-state index >= 15 is 0 Å². The maximum absolute atomic E-state index is 5.66. The van der Waals surface area contributed by atoms with Gasteiger partial charge < -0.3 is 10.5 Å². The molecule has 1 aliphatic heterocycles. The topological polar surface area (TPSA) is 38.5 Å². The van der Waals surface area contributed by atoms with Crippen LogP contribution in [-0.4, -0.2) is 43.8 Å². The lowest BCUT2D eigenvalue weighted by Gasteiger charge is -2.34. The van der Waals surface area contributed by atoms with E-state index in [4.69, 9.17) is 10.5 Å². The first-order valence-corrected chi connectivity index (χ1v) is 5.92. The Kier molecular flexibility index (Phi) is 3.79. The van der Waals surface area contributed by atoms with Gasteiger partial charge in [0.15, 0.2) is 0 Å². The summed E-state index contributed by atoms with van der Waals surface area (Å²) in [6.07, 6.45) is 5.27. The fraction of sp³-hybridized carbons (Fsp3) is 1.00. The van der Waals surface area contributed by atoms with Crippen molar-refractivity contribution >= 4 is 0 Å². The fourth-order valence-electron chi connectivity index (χ4n) is 2.27. The zero-order valence-corrected chi connectivity index (χ0v) is 8.95. The van der Waals surface area contributed by atoms with Crippen molar-refractivity contribution < 1.29 is 4.74 Å². The maximum atomic E-state index is 5.66. The minimum Gasteiger partial charge on any atom is -0.381 e. The zero-order valence-electron chi connectivity index (χ0n) is 8.95. The molecule has 2 fully saturated rings. The Morgan fingerprint density at radius 1 is 1.14 bits per heavy atom. The molecule has 1 saturated carbocycles. The molecule has 0 aromatic carbocycles. The average Bonchev–Trinajstić information content (AvgIpc) is 3.03. The summed E-state index contributed by atoms with van der Waals surface area (Å²) in [6.45, 7) is 5.03. The lowest BCUT2D eigenvalue weighted by molar-refractivity contribution is 0.0334.